The molecule has 12 nitrogen and oxygen atoms in total. The smallest absolute Gasteiger partial charge is 0.328 e. The zero-order valence-corrected chi connectivity index (χ0v) is 19.5. The number of carboxylic acids is 2. The van der Waals surface area contributed by atoms with Gasteiger partial charge in [0.2, 0.25) is 5.13 Å². The third-order valence-corrected chi connectivity index (χ3v) is 6.20. The number of carbonyl (C=O) groups is 2. The second-order valence-corrected chi connectivity index (χ2v) is 9.23. The van der Waals surface area contributed by atoms with E-state index < -0.39 is 22.0 Å². The number of aromatic nitrogens is 1. The summed E-state index contributed by atoms with van der Waals surface area (Å²) in [6, 6.07) is 8.16. The number of nitrogens with two attached hydrogens (primary N) is 1. The van der Waals surface area contributed by atoms with E-state index in [1.54, 1.807) is 30.0 Å². The second kappa shape index (κ2) is 15.5. The van der Waals surface area contributed by atoms with Crippen LogP contribution in [0.5, 0.6) is 0 Å². The van der Waals surface area contributed by atoms with Gasteiger partial charge in [-0.1, -0.05) is 18.2 Å². The van der Waals surface area contributed by atoms with Crippen molar-refractivity contribution in [1.82, 2.24) is 15.1 Å². The molecule has 1 aromatic heterocycles. The van der Waals surface area contributed by atoms with Gasteiger partial charge in [-0.25, -0.2) is 33.8 Å². The number of sulfonamides is 1. The molecule has 6 N–H and O–H groups in total. The lowest BCUT2D eigenvalue weighted by Gasteiger charge is -2.02. The van der Waals surface area contributed by atoms with Gasteiger partial charge < -0.3 is 15.6 Å². The van der Waals surface area contributed by atoms with Crippen LogP contribution < -0.4 is 16.0 Å². The summed E-state index contributed by atoms with van der Waals surface area (Å²) in [7, 11) is -3.54. The number of rotatable bonds is 12. The molecule has 1 aromatic carbocycles. The third kappa shape index (κ3) is 13.0. The molecule has 33 heavy (non-hydrogen) atoms. The molecule has 0 fully saturated rings. The molecular formula is C18H22N6O6S3. The molecular weight excluding hydrogens is 492 g/mol. The molecule has 0 atom stereocenters. The summed E-state index contributed by atoms with van der Waals surface area (Å²) < 4.78 is 26.2. The Hall–Kier alpha value is -3.27. The Morgan fingerprint density at radius 2 is 1.82 bits per heavy atom. The third-order valence-electron chi connectivity index (χ3n) is 3.12. The molecule has 0 spiro atoms. The van der Waals surface area contributed by atoms with E-state index in [9.17, 15) is 18.0 Å². The van der Waals surface area contributed by atoms with Crippen molar-refractivity contribution in [2.75, 3.05) is 12.3 Å². The number of aliphatic imine (C=N–C) groups is 2. The molecule has 2 rings (SSSR count). The minimum absolute atomic E-state index is 0.211. The van der Waals surface area contributed by atoms with Gasteiger partial charge in [0.15, 0.2) is 0 Å². The van der Waals surface area contributed by atoms with Crippen LogP contribution in [0.1, 0.15) is 5.69 Å². The summed E-state index contributed by atoms with van der Waals surface area (Å²) in [4.78, 5) is 31.7. The maximum Gasteiger partial charge on any atom is 0.328 e. The summed E-state index contributed by atoms with van der Waals surface area (Å²) >= 11 is 3.10. The average molecular weight is 515 g/mol. The molecule has 0 saturated heterocycles. The van der Waals surface area contributed by atoms with Crippen molar-refractivity contribution in [2.24, 2.45) is 15.8 Å². The van der Waals surface area contributed by atoms with E-state index in [-0.39, 0.29) is 4.90 Å². The summed E-state index contributed by atoms with van der Waals surface area (Å²) in [6.45, 7) is 0.508. The van der Waals surface area contributed by atoms with Crippen LogP contribution in [0.2, 0.25) is 0 Å². The van der Waals surface area contributed by atoms with E-state index in [2.05, 4.69) is 25.1 Å². The van der Waals surface area contributed by atoms with Gasteiger partial charge in [-0.15, -0.1) is 11.3 Å². The molecule has 178 valence electrons. The van der Waals surface area contributed by atoms with Crippen LogP contribution in [0.3, 0.4) is 0 Å². The van der Waals surface area contributed by atoms with Gasteiger partial charge in [0.25, 0.3) is 10.0 Å². The predicted octanol–water partition coefficient (Wildman–Crippen LogP) is 1.22. The first kappa shape index (κ1) is 27.8. The van der Waals surface area contributed by atoms with Gasteiger partial charge in [0.05, 0.1) is 16.9 Å². The van der Waals surface area contributed by atoms with E-state index in [4.69, 9.17) is 16.1 Å². The maximum atomic E-state index is 11.9. The summed E-state index contributed by atoms with van der Waals surface area (Å²) in [5, 5.41) is 18.2. The fourth-order valence-corrected chi connectivity index (χ4v) is 4.16. The van der Waals surface area contributed by atoms with Gasteiger partial charge in [-0.3, -0.25) is 9.71 Å². The zero-order chi connectivity index (χ0) is 24.5. The maximum absolute atomic E-state index is 11.9. The number of benzene rings is 1. The standard InChI is InChI=1S/C14H18N6O2S3.C4H4O4/c15-18-11-17-14-20-12(9-24-14)8-23-7-6-16-10-19-25(21,22)13-4-2-1-3-5-13;5-3(6)1-2-4(7)8/h1-5,9-11H,6-8,15H2,(H,16,19)(H,17,18,20);1-2H,(H,5,6)(H,7,8)/b;2-1-. The number of hydrogen-bond acceptors (Lipinski definition) is 10. The highest BCUT2D eigenvalue weighted by molar-refractivity contribution is 7.98. The van der Waals surface area contributed by atoms with Crippen molar-refractivity contribution in [3.8, 4) is 0 Å². The summed E-state index contributed by atoms with van der Waals surface area (Å²) in [5.74, 6) is 4.08. The van der Waals surface area contributed by atoms with Gasteiger partial charge in [-0.05, 0) is 12.1 Å². The summed E-state index contributed by atoms with van der Waals surface area (Å²) in [6.07, 6.45) is 3.71. The lowest BCUT2D eigenvalue weighted by atomic mass is 10.4. The number of nitrogens with one attached hydrogen (secondary N) is 2. The minimum atomic E-state index is -3.54. The molecule has 0 aliphatic heterocycles. The molecule has 0 saturated carbocycles. The van der Waals surface area contributed by atoms with Crippen molar-refractivity contribution in [3.05, 3.63) is 53.6 Å². The van der Waals surface area contributed by atoms with E-state index in [0.29, 0.717) is 23.8 Å². The molecule has 0 unspecified atom stereocenters. The highest BCUT2D eigenvalue weighted by atomic mass is 32.2. The molecule has 0 aliphatic carbocycles. The average Bonchev–Trinajstić information content (AvgIpc) is 3.24. The molecule has 0 radical (unpaired) electrons. The van der Waals surface area contributed by atoms with Crippen LogP contribution in [-0.4, -0.2) is 60.5 Å². The van der Waals surface area contributed by atoms with E-state index in [0.717, 1.165) is 17.2 Å². The van der Waals surface area contributed by atoms with E-state index in [1.807, 2.05) is 5.38 Å². The molecule has 15 heteroatoms. The normalized spacial score (nSPS) is 11.4. The molecule has 0 aliphatic rings. The topological polar surface area (TPSA) is 196 Å². The fraction of sp³-hybridized carbons (Fsp3) is 0.167. The van der Waals surface area contributed by atoms with Crippen LogP contribution >= 0.6 is 23.1 Å². The van der Waals surface area contributed by atoms with Crippen LogP contribution in [0, 0.1) is 0 Å². The van der Waals surface area contributed by atoms with Crippen molar-refractivity contribution < 1.29 is 28.2 Å². The number of thioether (sulfide) groups is 1. The molecule has 2 aromatic rings. The van der Waals surface area contributed by atoms with Crippen molar-refractivity contribution >= 4 is 62.9 Å². The highest BCUT2D eigenvalue weighted by Gasteiger charge is 2.10. The van der Waals surface area contributed by atoms with Crippen LogP contribution in [0.15, 0.2) is 62.7 Å². The van der Waals surface area contributed by atoms with Crippen molar-refractivity contribution in [3.63, 3.8) is 0 Å². The Morgan fingerprint density at radius 3 is 2.42 bits per heavy atom. The first-order valence-corrected chi connectivity index (χ1v) is 12.5. The zero-order valence-electron chi connectivity index (χ0n) is 17.1. The lowest BCUT2D eigenvalue weighted by molar-refractivity contribution is -0.134. The van der Waals surface area contributed by atoms with Crippen molar-refractivity contribution in [2.45, 2.75) is 10.6 Å². The van der Waals surface area contributed by atoms with Crippen molar-refractivity contribution in [1.29, 1.82) is 0 Å². The number of hydrazine groups is 1. The van der Waals surface area contributed by atoms with Gasteiger partial charge in [0.1, 0.15) is 6.34 Å². The summed E-state index contributed by atoms with van der Waals surface area (Å²) in [5.41, 5.74) is 3.26. The lowest BCUT2D eigenvalue weighted by Crippen LogP contribution is -2.22. The first-order chi connectivity index (χ1) is 15.7. The number of thiazole rings is 1. The Labute approximate surface area is 198 Å². The quantitative estimate of drug-likeness (QED) is 0.0685. The van der Waals surface area contributed by atoms with E-state index in [1.165, 1.54) is 36.1 Å². The first-order valence-electron chi connectivity index (χ1n) is 8.95. The Morgan fingerprint density at radius 1 is 1.15 bits per heavy atom. The van der Waals surface area contributed by atoms with Crippen LogP contribution in [-0.2, 0) is 25.4 Å². The Kier molecular flexibility index (Phi) is 13.1. The number of hydrogen-bond donors (Lipinski definition) is 5. The number of nitrogens with zero attached hydrogens (tertiary/aromatic N) is 3. The Balaban J connectivity index is 0.000000582. The van der Waals surface area contributed by atoms with Crippen LogP contribution in [0.4, 0.5) is 5.13 Å². The fourth-order valence-electron chi connectivity index (χ4n) is 1.79. The SMILES string of the molecule is NNC=Nc1nc(CSCCN=CNS(=O)(=O)c2ccccc2)cs1.O=C(O)/C=C\C(=O)O. The molecule has 1 heterocycles. The highest BCUT2D eigenvalue weighted by Crippen LogP contribution is 2.21. The second-order valence-electron chi connectivity index (χ2n) is 5.58. The van der Waals surface area contributed by atoms with Gasteiger partial charge in [0, 0.05) is 35.6 Å². The predicted molar refractivity (Wildman–Crippen MR) is 128 cm³/mol. The molecule has 0 amide bonds. The Bertz CT molecular complexity index is 1050. The van der Waals surface area contributed by atoms with E-state index >= 15 is 0 Å². The largest absolute Gasteiger partial charge is 0.478 e. The molecule has 0 bridgehead atoms. The number of carboxylic acid groups (broad SMARTS) is 2. The monoisotopic (exact) mass is 514 g/mol. The van der Waals surface area contributed by atoms with Gasteiger partial charge >= 0.3 is 11.9 Å². The van der Waals surface area contributed by atoms with Crippen LogP contribution in [0.25, 0.3) is 0 Å². The van der Waals surface area contributed by atoms with Gasteiger partial charge in [-0.2, -0.15) is 11.8 Å². The minimum Gasteiger partial charge on any atom is -0.478 e. The number of aliphatic carboxylic acids is 2.